The number of furan rings is 1. The summed E-state index contributed by atoms with van der Waals surface area (Å²) in [6.45, 7) is 0. The second kappa shape index (κ2) is 12.9. The van der Waals surface area contributed by atoms with Crippen LogP contribution >= 0.6 is 0 Å². The third-order valence-corrected chi connectivity index (χ3v) is 8.66. The van der Waals surface area contributed by atoms with Gasteiger partial charge < -0.3 is 4.42 Å². The second-order valence-electron chi connectivity index (χ2n) is 11.8. The van der Waals surface area contributed by atoms with Gasteiger partial charge in [-0.05, 0) is 63.0 Å². The molecular formula is C49H31N3O. The van der Waals surface area contributed by atoms with E-state index in [1.165, 1.54) is 0 Å². The van der Waals surface area contributed by atoms with Crippen LogP contribution in [0.25, 0.3) is 100 Å². The minimum atomic E-state index is -0.888. The maximum atomic E-state index is 9.67. The first kappa shape index (κ1) is 17.4. The molecule has 0 aliphatic rings. The molecule has 10 aromatic rings. The summed E-state index contributed by atoms with van der Waals surface area (Å²) in [5.41, 5.74) is -0.0155. The van der Waals surface area contributed by atoms with Crippen molar-refractivity contribution in [2.24, 2.45) is 0 Å². The topological polar surface area (TPSA) is 51.8 Å². The zero-order valence-electron chi connectivity index (χ0n) is 45.3. The summed E-state index contributed by atoms with van der Waals surface area (Å²) < 4.78 is 164. The summed E-state index contributed by atoms with van der Waals surface area (Å²) in [5, 5.41) is 3.09. The SMILES string of the molecule is [2H]c1c([2H])c([2H])c(-c2nc(-c3c([2H])c([2H])c(-c4c([2H])c([2H])c([2H])c([2H])c4[2H])c([2H])c3[2H])nc(-c3c([2H])c([2H])c([2H])c(-c4ccc5oc6c7ccccc7c(-c7ccccc7)cc6c5c4)c3[2H])n2)c([2H])c1[2H]. The lowest BCUT2D eigenvalue weighted by molar-refractivity contribution is 0.673. The third-order valence-electron chi connectivity index (χ3n) is 8.66. The molecule has 10 rings (SSSR count). The molecule has 0 atom stereocenters. The molecule has 8 aromatic carbocycles. The van der Waals surface area contributed by atoms with Crippen LogP contribution in [0.1, 0.15) is 24.7 Å². The van der Waals surface area contributed by atoms with E-state index in [-0.39, 0.29) is 11.1 Å². The van der Waals surface area contributed by atoms with Crippen LogP contribution in [0.15, 0.2) is 192 Å². The van der Waals surface area contributed by atoms with Gasteiger partial charge in [-0.3, -0.25) is 0 Å². The minimum absolute atomic E-state index is 0.153. The molecule has 0 unspecified atom stereocenters. The number of nitrogens with zero attached hydrogens (tertiary/aromatic N) is 3. The van der Waals surface area contributed by atoms with Crippen molar-refractivity contribution in [3.8, 4) is 67.5 Å². The van der Waals surface area contributed by atoms with Crippen LogP contribution in [0.3, 0.4) is 0 Å². The molecule has 0 bridgehead atoms. The molecule has 0 aliphatic heterocycles. The van der Waals surface area contributed by atoms with Crippen molar-refractivity contribution < 1.29 is 29.1 Å². The lowest BCUT2D eigenvalue weighted by Crippen LogP contribution is -2.00. The Bertz CT molecular complexity index is 3910. The summed E-state index contributed by atoms with van der Waals surface area (Å²) in [5.74, 6) is -2.03. The van der Waals surface area contributed by atoms with E-state index in [1.807, 2.05) is 60.7 Å². The lowest BCUT2D eigenvalue weighted by Gasteiger charge is -2.10. The molecule has 2 heterocycles. The van der Waals surface area contributed by atoms with Crippen molar-refractivity contribution in [3.63, 3.8) is 0 Å². The third kappa shape index (κ3) is 5.63. The predicted molar refractivity (Wildman–Crippen MR) is 217 cm³/mol. The highest BCUT2D eigenvalue weighted by Crippen LogP contribution is 2.41. The van der Waals surface area contributed by atoms with Crippen LogP contribution < -0.4 is 0 Å². The quantitative estimate of drug-likeness (QED) is 0.174. The maximum absolute atomic E-state index is 9.67. The average Bonchev–Trinajstić information content (AvgIpc) is 3.74. The Kier molecular flexibility index (Phi) is 4.21. The number of aromatic nitrogens is 3. The van der Waals surface area contributed by atoms with Crippen LogP contribution in [0.2, 0.25) is 0 Å². The first-order valence-electron chi connectivity index (χ1n) is 25.3. The molecule has 0 saturated carbocycles. The van der Waals surface area contributed by atoms with Gasteiger partial charge in [0.2, 0.25) is 0 Å². The van der Waals surface area contributed by atoms with E-state index in [4.69, 9.17) is 27.7 Å². The lowest BCUT2D eigenvalue weighted by atomic mass is 9.94. The van der Waals surface area contributed by atoms with Gasteiger partial charge in [-0.2, -0.15) is 0 Å². The number of rotatable bonds is 6. The summed E-state index contributed by atoms with van der Waals surface area (Å²) >= 11 is 0. The van der Waals surface area contributed by atoms with Crippen LogP contribution in [0, 0.1) is 0 Å². The van der Waals surface area contributed by atoms with Gasteiger partial charge in [-0.1, -0.05) is 163 Å². The Morgan fingerprint density at radius 3 is 1.68 bits per heavy atom. The van der Waals surface area contributed by atoms with Crippen LogP contribution in [-0.2, 0) is 0 Å². The molecule has 0 radical (unpaired) electrons. The van der Waals surface area contributed by atoms with Crippen LogP contribution in [0.4, 0.5) is 0 Å². The molecule has 0 saturated heterocycles. The molecule has 2 aromatic heterocycles. The van der Waals surface area contributed by atoms with E-state index in [2.05, 4.69) is 15.0 Å². The molecule has 4 heteroatoms. The van der Waals surface area contributed by atoms with E-state index in [1.54, 1.807) is 18.2 Å². The van der Waals surface area contributed by atoms with E-state index < -0.39 is 154 Å². The van der Waals surface area contributed by atoms with Crippen molar-refractivity contribution in [2.75, 3.05) is 0 Å². The van der Waals surface area contributed by atoms with Gasteiger partial charge in [0, 0.05) is 32.8 Å². The molecular weight excluding hydrogens is 647 g/mol. The monoisotopic (exact) mass is 695 g/mol. The highest BCUT2D eigenvalue weighted by molar-refractivity contribution is 6.19. The zero-order chi connectivity index (χ0) is 50.8. The van der Waals surface area contributed by atoms with Gasteiger partial charge in [0.25, 0.3) is 0 Å². The van der Waals surface area contributed by atoms with Gasteiger partial charge in [0.05, 0.1) is 24.7 Å². The maximum Gasteiger partial charge on any atom is 0.164 e. The standard InChI is InChI=1S/C49H31N3O/c1-4-13-32(14-5-1)33-23-25-36(26-24-33)48-50-47(35-17-8-3-9-18-35)51-49(52-48)39-20-12-19-37(29-39)38-27-28-45-43(30-38)44-31-42(34-15-6-2-7-16-34)40-21-10-11-22-41(40)46(44)53-45/h1-31H/i1D,3D,4D,5D,8D,9D,12D,13D,14D,17D,18D,19D,20D,23D,24D,25D,26D,29D. The molecule has 248 valence electrons. The normalized spacial score (nSPS) is 16.2. The molecule has 0 fully saturated rings. The Balaban J connectivity index is 1.24. The highest BCUT2D eigenvalue weighted by atomic mass is 16.3. The Morgan fingerprint density at radius 1 is 0.377 bits per heavy atom. The summed E-state index contributed by atoms with van der Waals surface area (Å²) in [6.07, 6.45) is 0. The van der Waals surface area contributed by atoms with Gasteiger partial charge in [0.1, 0.15) is 11.2 Å². The number of hydrogen-bond acceptors (Lipinski definition) is 4. The van der Waals surface area contributed by atoms with Crippen molar-refractivity contribution in [2.45, 2.75) is 0 Å². The Morgan fingerprint density at radius 2 is 0.943 bits per heavy atom. The Labute approximate surface area is 332 Å². The first-order chi connectivity index (χ1) is 33.7. The number of hydrogen-bond donors (Lipinski definition) is 0. The van der Waals surface area contributed by atoms with E-state index >= 15 is 0 Å². The molecule has 0 N–H and O–H groups in total. The number of fused-ring (bicyclic) bond motifs is 5. The second-order valence-corrected chi connectivity index (χ2v) is 11.8. The largest absolute Gasteiger partial charge is 0.455 e. The van der Waals surface area contributed by atoms with Crippen LogP contribution in [-0.4, -0.2) is 15.0 Å². The van der Waals surface area contributed by atoms with Crippen molar-refractivity contribution in [3.05, 3.63) is 188 Å². The smallest absolute Gasteiger partial charge is 0.164 e. The van der Waals surface area contributed by atoms with Gasteiger partial charge in [-0.25, -0.2) is 15.0 Å². The van der Waals surface area contributed by atoms with Gasteiger partial charge in [-0.15, -0.1) is 0 Å². The molecule has 4 nitrogen and oxygen atoms in total. The fourth-order valence-corrected chi connectivity index (χ4v) is 6.21. The van der Waals surface area contributed by atoms with E-state index in [0.29, 0.717) is 21.9 Å². The summed E-state index contributed by atoms with van der Waals surface area (Å²) in [7, 11) is 0. The van der Waals surface area contributed by atoms with E-state index in [9.17, 15) is 1.37 Å². The van der Waals surface area contributed by atoms with Crippen LogP contribution in [0.5, 0.6) is 0 Å². The molecule has 0 spiro atoms. The van der Waals surface area contributed by atoms with E-state index in [0.717, 1.165) is 21.9 Å². The highest BCUT2D eigenvalue weighted by Gasteiger charge is 2.17. The van der Waals surface area contributed by atoms with Crippen molar-refractivity contribution in [1.82, 2.24) is 15.0 Å². The summed E-state index contributed by atoms with van der Waals surface area (Å²) in [6, 6.07) is 10.6. The summed E-state index contributed by atoms with van der Waals surface area (Å²) in [4.78, 5) is 13.2. The average molecular weight is 696 g/mol. The minimum Gasteiger partial charge on any atom is -0.455 e. The van der Waals surface area contributed by atoms with Crippen molar-refractivity contribution >= 4 is 32.7 Å². The fraction of sp³-hybridized carbons (Fsp3) is 0. The first-order valence-corrected chi connectivity index (χ1v) is 16.3. The predicted octanol–water partition coefficient (Wildman–Crippen LogP) is 12.9. The van der Waals surface area contributed by atoms with Crippen molar-refractivity contribution in [1.29, 1.82) is 0 Å². The zero-order valence-corrected chi connectivity index (χ0v) is 27.3. The molecule has 53 heavy (non-hydrogen) atoms. The molecule has 0 amide bonds. The molecule has 0 aliphatic carbocycles. The Hall–Kier alpha value is -7.17. The van der Waals surface area contributed by atoms with Gasteiger partial charge >= 0.3 is 0 Å². The fourth-order valence-electron chi connectivity index (χ4n) is 6.21. The van der Waals surface area contributed by atoms with Gasteiger partial charge in [0.15, 0.2) is 17.5 Å². The number of benzene rings is 8.